The van der Waals surface area contributed by atoms with E-state index in [1.165, 1.54) is 0 Å². The molecule has 26 heavy (non-hydrogen) atoms. The van der Waals surface area contributed by atoms with E-state index in [1.807, 2.05) is 11.8 Å². The van der Waals surface area contributed by atoms with Gasteiger partial charge in [0, 0.05) is 57.7 Å². The lowest BCUT2D eigenvalue weighted by Gasteiger charge is -2.40. The first-order valence-electron chi connectivity index (χ1n) is 9.15. The van der Waals surface area contributed by atoms with E-state index >= 15 is 0 Å². The third kappa shape index (κ3) is 4.40. The fraction of sp³-hybridized carbons (Fsp3) is 0.647. The van der Waals surface area contributed by atoms with Crippen LogP contribution in [0.25, 0.3) is 0 Å². The molecule has 3 heterocycles. The summed E-state index contributed by atoms with van der Waals surface area (Å²) in [7, 11) is 0. The number of nitrogens with two attached hydrogens (primary N) is 1. The lowest BCUT2D eigenvalue weighted by atomic mass is 10.0. The third-order valence-electron chi connectivity index (χ3n) is 5.21. The Bertz CT molecular complexity index is 611. The average molecular weight is 361 g/mol. The van der Waals surface area contributed by atoms with Crippen LogP contribution in [-0.4, -0.2) is 83.1 Å². The molecule has 9 nitrogen and oxygen atoms in total. The summed E-state index contributed by atoms with van der Waals surface area (Å²) in [5, 5.41) is 2.75. The number of hydrogen-bond acceptors (Lipinski definition) is 6. The zero-order valence-electron chi connectivity index (χ0n) is 15.2. The Morgan fingerprint density at radius 1 is 1.12 bits per heavy atom. The number of carbonyl (C=O) groups excluding carboxylic acids is 2. The van der Waals surface area contributed by atoms with E-state index < -0.39 is 6.03 Å². The van der Waals surface area contributed by atoms with Crippen LogP contribution in [0.15, 0.2) is 18.5 Å². The smallest absolute Gasteiger partial charge is 0.312 e. The summed E-state index contributed by atoms with van der Waals surface area (Å²) in [4.78, 5) is 38.6. The van der Waals surface area contributed by atoms with Crippen molar-refractivity contribution in [3.05, 3.63) is 18.5 Å². The fourth-order valence-corrected chi connectivity index (χ4v) is 3.63. The second kappa shape index (κ2) is 8.31. The number of anilines is 1. The first kappa shape index (κ1) is 18.4. The van der Waals surface area contributed by atoms with Crippen molar-refractivity contribution in [3.63, 3.8) is 0 Å². The van der Waals surface area contributed by atoms with E-state index in [0.717, 1.165) is 45.0 Å². The summed E-state index contributed by atoms with van der Waals surface area (Å²) in [5.74, 6) is 0.886. The van der Waals surface area contributed by atoms with Crippen LogP contribution in [0.2, 0.25) is 0 Å². The number of amides is 3. The van der Waals surface area contributed by atoms with Crippen molar-refractivity contribution < 1.29 is 9.59 Å². The van der Waals surface area contributed by atoms with E-state index in [1.54, 1.807) is 18.5 Å². The molecule has 0 bridgehead atoms. The van der Waals surface area contributed by atoms with Crippen molar-refractivity contribution in [1.82, 2.24) is 25.1 Å². The molecule has 3 amide bonds. The van der Waals surface area contributed by atoms with Crippen LogP contribution in [0.5, 0.6) is 0 Å². The Balaban J connectivity index is 1.47. The monoisotopic (exact) mass is 361 g/mol. The highest BCUT2D eigenvalue weighted by Gasteiger charge is 2.31. The minimum absolute atomic E-state index is 0.112. The van der Waals surface area contributed by atoms with Crippen LogP contribution < -0.4 is 16.0 Å². The van der Waals surface area contributed by atoms with E-state index in [-0.39, 0.29) is 18.0 Å². The maximum atomic E-state index is 12.8. The number of nitrogens with zero attached hydrogens (tertiary/aromatic N) is 5. The topological polar surface area (TPSA) is 108 Å². The molecule has 1 unspecified atom stereocenters. The van der Waals surface area contributed by atoms with Gasteiger partial charge >= 0.3 is 6.03 Å². The van der Waals surface area contributed by atoms with E-state index in [9.17, 15) is 9.59 Å². The summed E-state index contributed by atoms with van der Waals surface area (Å²) in [6.45, 7) is 6.39. The highest BCUT2D eigenvalue weighted by molar-refractivity contribution is 5.81. The lowest BCUT2D eigenvalue weighted by molar-refractivity contribution is -0.137. The predicted molar refractivity (Wildman–Crippen MR) is 97.6 cm³/mol. The first-order valence-corrected chi connectivity index (χ1v) is 9.15. The molecule has 2 saturated heterocycles. The molecule has 0 aliphatic carbocycles. The molecule has 3 rings (SSSR count). The van der Waals surface area contributed by atoms with Crippen LogP contribution >= 0.6 is 0 Å². The number of primary amides is 1. The Morgan fingerprint density at radius 3 is 2.31 bits per heavy atom. The van der Waals surface area contributed by atoms with Crippen molar-refractivity contribution in [2.24, 2.45) is 5.73 Å². The number of likely N-dealkylation sites (tertiary alicyclic amines) is 1. The Kier molecular flexibility index (Phi) is 5.87. The minimum atomic E-state index is -0.479. The van der Waals surface area contributed by atoms with E-state index in [4.69, 9.17) is 5.73 Å². The summed E-state index contributed by atoms with van der Waals surface area (Å²) in [6, 6.07) is 1.28. The first-order chi connectivity index (χ1) is 12.5. The molecule has 2 aliphatic rings. The van der Waals surface area contributed by atoms with Crippen molar-refractivity contribution >= 4 is 17.9 Å². The van der Waals surface area contributed by atoms with Crippen molar-refractivity contribution in [1.29, 1.82) is 0 Å². The number of piperidine rings is 1. The number of piperazine rings is 1. The number of nitrogens with one attached hydrogen (secondary N) is 1. The van der Waals surface area contributed by atoms with Crippen molar-refractivity contribution in [3.8, 4) is 0 Å². The van der Waals surface area contributed by atoms with Crippen LogP contribution in [0.3, 0.4) is 0 Å². The predicted octanol–water partition coefficient (Wildman–Crippen LogP) is -0.354. The molecule has 0 saturated carbocycles. The van der Waals surface area contributed by atoms with Gasteiger partial charge in [0.05, 0.1) is 6.04 Å². The number of carbonyl (C=O) groups is 2. The van der Waals surface area contributed by atoms with Gasteiger partial charge in [0.15, 0.2) is 0 Å². The molecule has 9 heteroatoms. The molecule has 2 aliphatic heterocycles. The van der Waals surface area contributed by atoms with Gasteiger partial charge in [-0.25, -0.2) is 14.8 Å². The third-order valence-corrected chi connectivity index (χ3v) is 5.21. The van der Waals surface area contributed by atoms with Gasteiger partial charge in [0.1, 0.15) is 0 Å². The second-order valence-electron chi connectivity index (χ2n) is 6.86. The normalized spacial score (nSPS) is 20.7. The fourth-order valence-electron chi connectivity index (χ4n) is 3.63. The number of aromatic nitrogens is 2. The highest BCUT2D eigenvalue weighted by Crippen LogP contribution is 2.16. The highest BCUT2D eigenvalue weighted by atomic mass is 16.2. The lowest BCUT2D eigenvalue weighted by Crippen LogP contribution is -2.56. The zero-order chi connectivity index (χ0) is 18.5. The summed E-state index contributed by atoms with van der Waals surface area (Å²) < 4.78 is 0. The Hall–Kier alpha value is -2.42. The number of rotatable bonds is 4. The molecule has 0 radical (unpaired) electrons. The standard InChI is InChI=1S/C17H27N7O2/c1-13(22-7-3-14(4-8-22)21-16(18)26)15(25)23-9-11-24(12-10-23)17-19-5-2-6-20-17/h2,5-6,13-14H,3-4,7-12H2,1H3,(H3,18,21,26). The van der Waals surface area contributed by atoms with Gasteiger partial charge in [-0.05, 0) is 25.8 Å². The average Bonchev–Trinajstić information content (AvgIpc) is 2.68. The molecule has 142 valence electrons. The minimum Gasteiger partial charge on any atom is -0.352 e. The summed E-state index contributed by atoms with van der Waals surface area (Å²) >= 11 is 0. The Morgan fingerprint density at radius 2 is 1.73 bits per heavy atom. The van der Waals surface area contributed by atoms with Gasteiger partial charge in [0.2, 0.25) is 11.9 Å². The Labute approximate surface area is 153 Å². The maximum Gasteiger partial charge on any atom is 0.312 e. The van der Waals surface area contributed by atoms with E-state index in [0.29, 0.717) is 13.1 Å². The molecular formula is C17H27N7O2. The molecule has 3 N–H and O–H groups in total. The van der Waals surface area contributed by atoms with Gasteiger partial charge in [-0.15, -0.1) is 0 Å². The molecule has 1 atom stereocenters. The van der Waals surface area contributed by atoms with Gasteiger partial charge in [-0.2, -0.15) is 0 Å². The molecule has 2 fully saturated rings. The number of urea groups is 1. The molecule has 0 aromatic carbocycles. The van der Waals surface area contributed by atoms with Gasteiger partial charge in [-0.3, -0.25) is 9.69 Å². The van der Waals surface area contributed by atoms with Crippen LogP contribution in [0.1, 0.15) is 19.8 Å². The molecule has 0 spiro atoms. The molecule has 1 aromatic heterocycles. The zero-order valence-corrected chi connectivity index (χ0v) is 15.2. The van der Waals surface area contributed by atoms with E-state index in [2.05, 4.69) is 25.1 Å². The van der Waals surface area contributed by atoms with Crippen molar-refractivity contribution in [2.75, 3.05) is 44.2 Å². The summed E-state index contributed by atoms with van der Waals surface area (Å²) in [6.07, 6.45) is 5.11. The van der Waals surface area contributed by atoms with Gasteiger partial charge < -0.3 is 20.9 Å². The van der Waals surface area contributed by atoms with Crippen LogP contribution in [-0.2, 0) is 4.79 Å². The van der Waals surface area contributed by atoms with Gasteiger partial charge in [0.25, 0.3) is 0 Å². The van der Waals surface area contributed by atoms with Crippen LogP contribution in [0.4, 0.5) is 10.7 Å². The summed E-state index contributed by atoms with van der Waals surface area (Å²) in [5.41, 5.74) is 5.18. The quantitative estimate of drug-likeness (QED) is 0.759. The van der Waals surface area contributed by atoms with Crippen LogP contribution in [0, 0.1) is 0 Å². The SMILES string of the molecule is CC(C(=O)N1CCN(c2ncccn2)CC1)N1CCC(NC(N)=O)CC1. The maximum absolute atomic E-state index is 12.8. The number of hydrogen-bond donors (Lipinski definition) is 2. The second-order valence-corrected chi connectivity index (χ2v) is 6.86. The van der Waals surface area contributed by atoms with Crippen molar-refractivity contribution in [2.45, 2.75) is 31.8 Å². The largest absolute Gasteiger partial charge is 0.352 e. The molecular weight excluding hydrogens is 334 g/mol. The molecule has 1 aromatic rings. The van der Waals surface area contributed by atoms with Gasteiger partial charge in [-0.1, -0.05) is 0 Å².